The highest BCUT2D eigenvalue weighted by Gasteiger charge is 2.32. The Bertz CT molecular complexity index is 747. The van der Waals surface area contributed by atoms with Crippen LogP contribution in [-0.2, 0) is 11.0 Å². The van der Waals surface area contributed by atoms with Gasteiger partial charge < -0.3 is 5.32 Å². The molecule has 1 amide bonds. The van der Waals surface area contributed by atoms with Gasteiger partial charge in [-0.1, -0.05) is 37.2 Å². The molecule has 0 aliphatic carbocycles. The molecule has 2 aromatic heterocycles. The Morgan fingerprint density at radius 3 is 2.62 bits per heavy atom. The summed E-state index contributed by atoms with van der Waals surface area (Å²) in [6, 6.07) is 0.804. The van der Waals surface area contributed by atoms with E-state index in [2.05, 4.69) is 15.5 Å². The molecular weight excluding hydrogens is 365 g/mol. The summed E-state index contributed by atoms with van der Waals surface area (Å²) in [5, 5.41) is 9.88. The van der Waals surface area contributed by atoms with Crippen molar-refractivity contribution in [2.45, 2.75) is 37.4 Å². The van der Waals surface area contributed by atoms with Gasteiger partial charge in [0.05, 0.1) is 15.8 Å². The molecule has 0 radical (unpaired) electrons. The minimum Gasteiger partial charge on any atom is -0.355 e. The summed E-state index contributed by atoms with van der Waals surface area (Å²) in [5.41, 5.74) is -0.791. The van der Waals surface area contributed by atoms with Crippen LogP contribution < -0.4 is 5.32 Å². The van der Waals surface area contributed by atoms with Crippen LogP contribution in [0.5, 0.6) is 0 Å². The van der Waals surface area contributed by atoms with Gasteiger partial charge in [-0.2, -0.15) is 13.2 Å². The first-order chi connectivity index (χ1) is 11.1. The van der Waals surface area contributed by atoms with Gasteiger partial charge in [0.15, 0.2) is 10.8 Å². The third-order valence-electron chi connectivity index (χ3n) is 3.09. The van der Waals surface area contributed by atoms with E-state index in [0.717, 1.165) is 28.4 Å². The summed E-state index contributed by atoms with van der Waals surface area (Å²) < 4.78 is 39.9. The van der Waals surface area contributed by atoms with Gasteiger partial charge in [-0.25, -0.2) is 0 Å². The molecule has 1 unspecified atom stereocenters. The summed E-state index contributed by atoms with van der Waals surface area (Å²) in [4.78, 5) is 12.0. The molecule has 1 N–H and O–H groups in total. The van der Waals surface area contributed by atoms with E-state index in [9.17, 15) is 18.0 Å². The molecular formula is C14H16ClF3N4OS. The van der Waals surface area contributed by atoms with Gasteiger partial charge in [-0.15, -0.1) is 10.2 Å². The first-order valence-electron chi connectivity index (χ1n) is 7.15. The van der Waals surface area contributed by atoms with Crippen molar-refractivity contribution in [1.29, 1.82) is 0 Å². The zero-order valence-electron chi connectivity index (χ0n) is 13.2. The van der Waals surface area contributed by atoms with E-state index in [0.29, 0.717) is 12.5 Å². The number of aromatic nitrogens is 3. The van der Waals surface area contributed by atoms with Crippen LogP contribution in [0.1, 0.15) is 26.3 Å². The van der Waals surface area contributed by atoms with Gasteiger partial charge in [-0.05, 0) is 18.9 Å². The summed E-state index contributed by atoms with van der Waals surface area (Å²) in [6.07, 6.45) is -3.66. The quantitative estimate of drug-likeness (QED) is 0.804. The Balaban J connectivity index is 2.26. The van der Waals surface area contributed by atoms with Crippen LogP contribution in [0.4, 0.5) is 13.2 Å². The molecule has 132 valence electrons. The van der Waals surface area contributed by atoms with Gasteiger partial charge >= 0.3 is 6.18 Å². The number of amides is 1. The number of pyridine rings is 1. The lowest BCUT2D eigenvalue weighted by Gasteiger charge is -2.13. The molecule has 2 rings (SSSR count). The van der Waals surface area contributed by atoms with Crippen LogP contribution in [0.15, 0.2) is 17.4 Å². The molecule has 10 heteroatoms. The first-order valence-corrected chi connectivity index (χ1v) is 8.41. The summed E-state index contributed by atoms with van der Waals surface area (Å²) >= 11 is 6.87. The van der Waals surface area contributed by atoms with Crippen molar-refractivity contribution in [2.24, 2.45) is 5.92 Å². The molecule has 0 bridgehead atoms. The Kier molecular flexibility index (Phi) is 5.64. The number of rotatable bonds is 5. The fraction of sp³-hybridized carbons (Fsp3) is 0.500. The Hall–Kier alpha value is -1.48. The van der Waals surface area contributed by atoms with Gasteiger partial charge in [-0.3, -0.25) is 9.20 Å². The maximum atomic E-state index is 12.9. The molecule has 2 aromatic rings. The van der Waals surface area contributed by atoms with Crippen molar-refractivity contribution in [3.63, 3.8) is 0 Å². The zero-order chi connectivity index (χ0) is 18.1. The molecule has 0 aliphatic heterocycles. The fourth-order valence-electron chi connectivity index (χ4n) is 1.83. The first kappa shape index (κ1) is 18.9. The lowest BCUT2D eigenvalue weighted by Crippen LogP contribution is -2.33. The Morgan fingerprint density at radius 2 is 2.04 bits per heavy atom. The second-order valence-electron chi connectivity index (χ2n) is 5.65. The second-order valence-corrected chi connectivity index (χ2v) is 7.36. The van der Waals surface area contributed by atoms with E-state index < -0.39 is 17.0 Å². The molecule has 0 saturated heterocycles. The average Bonchev–Trinajstić information content (AvgIpc) is 2.87. The van der Waals surface area contributed by atoms with E-state index in [1.54, 1.807) is 6.92 Å². The third kappa shape index (κ3) is 4.32. The van der Waals surface area contributed by atoms with Crippen LogP contribution in [0, 0.1) is 5.92 Å². The summed E-state index contributed by atoms with van der Waals surface area (Å²) in [7, 11) is 0. The van der Waals surface area contributed by atoms with Crippen molar-refractivity contribution in [3.8, 4) is 0 Å². The van der Waals surface area contributed by atoms with E-state index in [4.69, 9.17) is 11.6 Å². The predicted octanol–water partition coefficient (Wildman–Crippen LogP) is 3.65. The van der Waals surface area contributed by atoms with Crippen molar-refractivity contribution in [3.05, 3.63) is 22.8 Å². The molecule has 0 spiro atoms. The normalized spacial score (nSPS) is 13.5. The molecule has 0 aromatic carbocycles. The van der Waals surface area contributed by atoms with E-state index in [1.807, 2.05) is 13.8 Å². The van der Waals surface area contributed by atoms with Crippen LogP contribution in [0.3, 0.4) is 0 Å². The number of halogens is 4. The smallest absolute Gasteiger partial charge is 0.355 e. The molecule has 5 nitrogen and oxygen atoms in total. The highest BCUT2D eigenvalue weighted by atomic mass is 35.5. The summed E-state index contributed by atoms with van der Waals surface area (Å²) in [5.74, 6) is 0.0803. The molecule has 1 atom stereocenters. The van der Waals surface area contributed by atoms with Crippen LogP contribution >= 0.6 is 23.4 Å². The number of hydrogen-bond donors (Lipinski definition) is 1. The maximum absolute atomic E-state index is 12.9. The van der Waals surface area contributed by atoms with Gasteiger partial charge in [0.25, 0.3) is 0 Å². The van der Waals surface area contributed by atoms with Crippen molar-refractivity contribution in [1.82, 2.24) is 19.9 Å². The number of hydrogen-bond acceptors (Lipinski definition) is 4. The molecule has 2 heterocycles. The van der Waals surface area contributed by atoms with Crippen LogP contribution in [-0.4, -0.2) is 32.3 Å². The number of nitrogens with one attached hydrogen (secondary N) is 1. The molecule has 0 saturated carbocycles. The zero-order valence-corrected chi connectivity index (χ0v) is 14.8. The lowest BCUT2D eigenvalue weighted by atomic mass is 10.2. The molecule has 24 heavy (non-hydrogen) atoms. The number of alkyl halides is 3. The second kappa shape index (κ2) is 7.18. The van der Waals surface area contributed by atoms with E-state index in [-0.39, 0.29) is 21.7 Å². The fourth-order valence-corrected chi connectivity index (χ4v) is 2.92. The minimum atomic E-state index is -4.54. The highest BCUT2D eigenvalue weighted by molar-refractivity contribution is 8.00. The van der Waals surface area contributed by atoms with Crippen molar-refractivity contribution in [2.75, 3.05) is 6.54 Å². The van der Waals surface area contributed by atoms with E-state index in [1.165, 1.54) is 0 Å². The number of fused-ring (bicyclic) bond motifs is 1. The van der Waals surface area contributed by atoms with Crippen LogP contribution in [0.25, 0.3) is 5.65 Å². The molecule has 0 aliphatic rings. The Labute approximate surface area is 146 Å². The average molecular weight is 381 g/mol. The summed E-state index contributed by atoms with van der Waals surface area (Å²) in [6.45, 7) is 6.10. The van der Waals surface area contributed by atoms with Crippen molar-refractivity contribution >= 4 is 34.9 Å². The maximum Gasteiger partial charge on any atom is 0.417 e. The minimum absolute atomic E-state index is 0.113. The number of carbonyl (C=O) groups is 1. The largest absolute Gasteiger partial charge is 0.417 e. The number of carbonyl (C=O) groups excluding carboxylic acids is 1. The predicted molar refractivity (Wildman–Crippen MR) is 86.2 cm³/mol. The Morgan fingerprint density at radius 1 is 1.38 bits per heavy atom. The van der Waals surface area contributed by atoms with Gasteiger partial charge in [0, 0.05) is 12.7 Å². The monoisotopic (exact) mass is 380 g/mol. The SMILES string of the molecule is CC(C)CNC(=O)C(C)Sc1nnc2c(Cl)cc(C(F)(F)F)cn12. The third-order valence-corrected chi connectivity index (χ3v) is 4.43. The lowest BCUT2D eigenvalue weighted by molar-refractivity contribution is -0.137. The number of nitrogens with zero attached hydrogens (tertiary/aromatic N) is 3. The highest BCUT2D eigenvalue weighted by Crippen LogP contribution is 2.33. The van der Waals surface area contributed by atoms with E-state index >= 15 is 0 Å². The van der Waals surface area contributed by atoms with Gasteiger partial charge in [0.2, 0.25) is 5.91 Å². The number of thioether (sulfide) groups is 1. The standard InChI is InChI=1S/C14H16ClF3N4OS/c1-7(2)5-19-12(23)8(3)24-13-21-20-11-10(15)4-9(6-22(11)13)14(16,17)18/h4,6-8H,5H2,1-3H3,(H,19,23). The van der Waals surface area contributed by atoms with Crippen molar-refractivity contribution < 1.29 is 18.0 Å². The van der Waals surface area contributed by atoms with Crippen LogP contribution in [0.2, 0.25) is 5.02 Å². The molecule has 0 fully saturated rings. The topological polar surface area (TPSA) is 59.3 Å². The van der Waals surface area contributed by atoms with Gasteiger partial charge in [0.1, 0.15) is 0 Å².